The zero-order valence-corrected chi connectivity index (χ0v) is 13.7. The van der Waals surface area contributed by atoms with Crippen LogP contribution in [-0.2, 0) is 0 Å². The molecule has 0 radical (unpaired) electrons. The van der Waals surface area contributed by atoms with Crippen LogP contribution in [-0.4, -0.2) is 22.4 Å². The summed E-state index contributed by atoms with van der Waals surface area (Å²) in [4.78, 5) is 12.0. The molecule has 0 saturated heterocycles. The smallest absolute Gasteiger partial charge is 0.252 e. The number of hydrogen-bond donors (Lipinski definition) is 2. The summed E-state index contributed by atoms with van der Waals surface area (Å²) in [5.41, 5.74) is 0.475. The van der Waals surface area contributed by atoms with Crippen LogP contribution in [0, 0.1) is 0 Å². The number of rotatable bonds is 5. The summed E-state index contributed by atoms with van der Waals surface area (Å²) in [6.07, 6.45) is 0.793. The van der Waals surface area contributed by atoms with Crippen molar-refractivity contribution in [1.29, 1.82) is 0 Å². The zero-order chi connectivity index (χ0) is 14.5. The molecule has 3 nitrogen and oxygen atoms in total. The summed E-state index contributed by atoms with van der Waals surface area (Å²) in [6.45, 7) is 3.95. The van der Waals surface area contributed by atoms with Gasteiger partial charge in [0, 0.05) is 16.6 Å². The Labute approximate surface area is 135 Å². The second kappa shape index (κ2) is 7.50. The maximum atomic E-state index is 12.0. The lowest BCUT2D eigenvalue weighted by atomic mass is 10.2. The first-order chi connectivity index (χ1) is 8.84. The topological polar surface area (TPSA) is 41.1 Å². The fourth-order valence-corrected chi connectivity index (χ4v) is 1.92. The molecule has 0 saturated carbocycles. The van der Waals surface area contributed by atoms with Crippen molar-refractivity contribution in [2.75, 3.05) is 6.54 Å². The summed E-state index contributed by atoms with van der Waals surface area (Å²) in [6, 6.07) is 6.86. The fourth-order valence-electron chi connectivity index (χ4n) is 1.27. The molecule has 0 heterocycles. The molecule has 1 atom stereocenters. The van der Waals surface area contributed by atoms with Gasteiger partial charge in [-0.05, 0) is 24.3 Å². The largest absolute Gasteiger partial charge is 0.333 e. The predicted octanol–water partition coefficient (Wildman–Crippen LogP) is 3.65. The number of carbonyl (C=O) groups is 1. The fraction of sp³-hybridized carbons (Fsp3) is 0.250. The molecule has 1 aromatic rings. The minimum Gasteiger partial charge on any atom is -0.333 e. The van der Waals surface area contributed by atoms with Crippen molar-refractivity contribution in [3.8, 4) is 0 Å². The van der Waals surface area contributed by atoms with E-state index in [1.807, 2.05) is 0 Å². The van der Waals surface area contributed by atoms with E-state index in [1.54, 1.807) is 30.3 Å². The number of nitrogens with one attached hydrogen (secondary N) is 2. The molecular formula is C12H12BrCl3N2O. The molecule has 1 rings (SSSR count). The van der Waals surface area contributed by atoms with Crippen molar-refractivity contribution in [3.63, 3.8) is 0 Å². The lowest BCUT2D eigenvalue weighted by molar-refractivity contribution is 0.0930. The number of carbonyl (C=O) groups excluding carboxylic acids is 1. The van der Waals surface area contributed by atoms with Crippen LogP contribution in [0.1, 0.15) is 10.4 Å². The van der Waals surface area contributed by atoms with E-state index in [0.717, 1.165) is 4.47 Å². The van der Waals surface area contributed by atoms with Gasteiger partial charge >= 0.3 is 0 Å². The average Bonchev–Trinajstić information content (AvgIpc) is 2.33. The first-order valence-corrected chi connectivity index (χ1v) is 7.24. The van der Waals surface area contributed by atoms with Crippen LogP contribution in [0.2, 0.25) is 0 Å². The lowest BCUT2D eigenvalue weighted by Gasteiger charge is -2.26. The molecule has 0 fully saturated rings. The Bertz CT molecular complexity index is 445. The quantitative estimate of drug-likeness (QED) is 0.461. The first-order valence-electron chi connectivity index (χ1n) is 5.32. The zero-order valence-electron chi connectivity index (χ0n) is 9.80. The third-order valence-electron chi connectivity index (χ3n) is 2.18. The van der Waals surface area contributed by atoms with Crippen molar-refractivity contribution >= 4 is 56.6 Å². The third kappa shape index (κ3) is 5.71. The Hall–Kier alpha value is -0.260. The van der Waals surface area contributed by atoms with Gasteiger partial charge in [0.1, 0.15) is 6.17 Å². The van der Waals surface area contributed by atoms with E-state index in [4.69, 9.17) is 34.8 Å². The normalized spacial score (nSPS) is 12.8. The van der Waals surface area contributed by atoms with Crippen LogP contribution >= 0.6 is 50.7 Å². The minimum atomic E-state index is -1.66. The van der Waals surface area contributed by atoms with Gasteiger partial charge < -0.3 is 5.32 Å². The molecule has 1 amide bonds. The predicted molar refractivity (Wildman–Crippen MR) is 83.9 cm³/mol. The van der Waals surface area contributed by atoms with Crippen LogP contribution in [0.4, 0.5) is 0 Å². The van der Waals surface area contributed by atoms with Crippen LogP contribution in [0.15, 0.2) is 41.4 Å². The van der Waals surface area contributed by atoms with Gasteiger partial charge in [0.05, 0.1) is 0 Å². The van der Waals surface area contributed by atoms with Crippen LogP contribution < -0.4 is 10.6 Å². The number of amides is 1. The highest BCUT2D eigenvalue weighted by atomic mass is 79.9. The van der Waals surface area contributed by atoms with Crippen LogP contribution in [0.3, 0.4) is 0 Å². The summed E-state index contributed by atoms with van der Waals surface area (Å²) in [7, 11) is 0. The van der Waals surface area contributed by atoms with Gasteiger partial charge in [-0.15, -0.1) is 6.58 Å². The van der Waals surface area contributed by atoms with Gasteiger partial charge in [0.2, 0.25) is 3.79 Å². The van der Waals surface area contributed by atoms with E-state index in [1.165, 1.54) is 0 Å². The summed E-state index contributed by atoms with van der Waals surface area (Å²) < 4.78 is -0.777. The molecule has 2 N–H and O–H groups in total. The third-order valence-corrected chi connectivity index (χ3v) is 3.36. The van der Waals surface area contributed by atoms with Gasteiger partial charge in [-0.1, -0.05) is 56.8 Å². The number of halogens is 4. The van der Waals surface area contributed by atoms with Crippen molar-refractivity contribution < 1.29 is 4.79 Å². The highest BCUT2D eigenvalue weighted by molar-refractivity contribution is 9.10. The highest BCUT2D eigenvalue weighted by Crippen LogP contribution is 2.29. The Kier molecular flexibility index (Phi) is 6.63. The second-order valence-electron chi connectivity index (χ2n) is 3.65. The molecule has 0 bridgehead atoms. The highest BCUT2D eigenvalue weighted by Gasteiger charge is 2.33. The van der Waals surface area contributed by atoms with Crippen molar-refractivity contribution in [2.45, 2.75) is 9.96 Å². The van der Waals surface area contributed by atoms with Gasteiger partial charge in [0.25, 0.3) is 5.91 Å². The molecule has 0 aromatic heterocycles. The molecule has 19 heavy (non-hydrogen) atoms. The van der Waals surface area contributed by atoms with Crippen molar-refractivity contribution in [3.05, 3.63) is 47.0 Å². The van der Waals surface area contributed by atoms with Crippen molar-refractivity contribution in [2.24, 2.45) is 0 Å². The number of hydrogen-bond acceptors (Lipinski definition) is 2. The summed E-state index contributed by atoms with van der Waals surface area (Å²) in [5, 5.41) is 5.48. The van der Waals surface area contributed by atoms with Crippen LogP contribution in [0.25, 0.3) is 0 Å². The van der Waals surface area contributed by atoms with Crippen LogP contribution in [0.5, 0.6) is 0 Å². The molecule has 0 unspecified atom stereocenters. The van der Waals surface area contributed by atoms with E-state index in [0.29, 0.717) is 12.1 Å². The second-order valence-corrected chi connectivity index (χ2v) is 6.94. The Balaban J connectivity index is 2.75. The van der Waals surface area contributed by atoms with E-state index in [2.05, 4.69) is 33.1 Å². The van der Waals surface area contributed by atoms with Gasteiger partial charge in [-0.25, -0.2) is 0 Å². The first kappa shape index (κ1) is 16.8. The maximum Gasteiger partial charge on any atom is 0.252 e. The standard InChI is InChI=1S/C12H12BrCl3N2O/c1-2-7-17-11(12(14,15)16)18-10(19)8-3-5-9(13)6-4-8/h2-6,11,17H,1,7H2,(H,18,19)/t11-/m0/s1. The number of benzene rings is 1. The Morgan fingerprint density at radius 3 is 2.42 bits per heavy atom. The van der Waals surface area contributed by atoms with E-state index < -0.39 is 9.96 Å². The van der Waals surface area contributed by atoms with E-state index >= 15 is 0 Å². The molecule has 0 spiro atoms. The van der Waals surface area contributed by atoms with Gasteiger partial charge in [0.15, 0.2) is 0 Å². The minimum absolute atomic E-state index is 0.333. The van der Waals surface area contributed by atoms with E-state index in [9.17, 15) is 4.79 Å². The molecule has 0 aliphatic heterocycles. The summed E-state index contributed by atoms with van der Waals surface area (Å²) >= 11 is 20.7. The molecule has 104 valence electrons. The SMILES string of the molecule is C=CCN[C@@H](NC(=O)c1ccc(Br)cc1)C(Cl)(Cl)Cl. The van der Waals surface area contributed by atoms with Gasteiger partial charge in [-0.3, -0.25) is 10.1 Å². The Morgan fingerprint density at radius 1 is 1.37 bits per heavy atom. The average molecular weight is 387 g/mol. The molecular weight excluding hydrogens is 374 g/mol. The molecule has 7 heteroatoms. The lowest BCUT2D eigenvalue weighted by Crippen LogP contribution is -2.53. The van der Waals surface area contributed by atoms with Crippen molar-refractivity contribution in [1.82, 2.24) is 10.6 Å². The van der Waals surface area contributed by atoms with Gasteiger partial charge in [-0.2, -0.15) is 0 Å². The summed E-state index contributed by atoms with van der Waals surface area (Å²) in [5.74, 6) is -0.333. The molecule has 1 aromatic carbocycles. The monoisotopic (exact) mass is 384 g/mol. The molecule has 0 aliphatic rings. The van der Waals surface area contributed by atoms with E-state index in [-0.39, 0.29) is 5.91 Å². The molecule has 0 aliphatic carbocycles. The Morgan fingerprint density at radius 2 is 1.95 bits per heavy atom. The number of alkyl halides is 3. The maximum absolute atomic E-state index is 12.0.